The van der Waals surface area contributed by atoms with Gasteiger partial charge in [0.25, 0.3) is 0 Å². The summed E-state index contributed by atoms with van der Waals surface area (Å²) in [7, 11) is 0. The van der Waals surface area contributed by atoms with Crippen molar-refractivity contribution in [3.8, 4) is 251 Å². The third-order valence-corrected chi connectivity index (χ3v) is 3.76. The molecule has 0 aromatic rings. The van der Waals surface area contributed by atoms with E-state index >= 15 is 0 Å². The first kappa shape index (κ1) is 36.2. The van der Waals surface area contributed by atoms with E-state index in [-0.39, 0.29) is 0 Å². The van der Waals surface area contributed by atoms with Gasteiger partial charge in [-0.15, -0.1) is 19.3 Å². The van der Waals surface area contributed by atoms with Crippen molar-refractivity contribution >= 4 is 0 Å². The molecule has 0 saturated carbocycles. The number of nitrogens with zero attached hydrogens (tertiary/aromatic N) is 3. The lowest BCUT2D eigenvalue weighted by molar-refractivity contribution is 0.0771. The summed E-state index contributed by atoms with van der Waals surface area (Å²) in [6.07, 6.45) is 15.0. The van der Waals surface area contributed by atoms with Crippen molar-refractivity contribution in [3.63, 3.8) is 0 Å². The van der Waals surface area contributed by atoms with Gasteiger partial charge < -0.3 is 0 Å². The highest BCUT2D eigenvalue weighted by molar-refractivity contribution is 5.47. The maximum absolute atomic E-state index is 4.99. The van der Waals surface area contributed by atoms with Gasteiger partial charge >= 0.3 is 0 Å². The maximum atomic E-state index is 4.99. The molecule has 1 saturated heterocycles. The lowest BCUT2D eigenvalue weighted by atomic mass is 10.4. The van der Waals surface area contributed by atoms with Crippen LogP contribution < -0.4 is 0 Å². The van der Waals surface area contributed by atoms with Crippen LogP contribution in [0.5, 0.6) is 0 Å². The maximum Gasteiger partial charge on any atom is 0.109 e. The van der Waals surface area contributed by atoms with Crippen LogP contribution in [0.1, 0.15) is 0 Å². The van der Waals surface area contributed by atoms with Gasteiger partial charge in [0, 0.05) is 125 Å². The van der Waals surface area contributed by atoms with Gasteiger partial charge in [0.2, 0.25) is 0 Å². The van der Waals surface area contributed by atoms with Crippen molar-refractivity contribution in [2.75, 3.05) is 20.0 Å². The fourth-order valence-electron chi connectivity index (χ4n) is 2.24. The van der Waals surface area contributed by atoms with Crippen LogP contribution in [0.3, 0.4) is 0 Å². The molecular formula is C45H9N3. The van der Waals surface area contributed by atoms with Crippen LogP contribution in [0, 0.1) is 251 Å². The van der Waals surface area contributed by atoms with E-state index in [0.29, 0.717) is 20.0 Å². The first-order valence-corrected chi connectivity index (χ1v) is 12.4. The molecule has 0 N–H and O–H groups in total. The zero-order chi connectivity index (χ0) is 34.4. The third kappa shape index (κ3) is 22.9. The van der Waals surface area contributed by atoms with E-state index in [1.54, 1.807) is 14.7 Å². The Labute approximate surface area is 284 Å². The summed E-state index contributed by atoms with van der Waals surface area (Å²) < 4.78 is 0. The van der Waals surface area contributed by atoms with Crippen molar-refractivity contribution in [1.82, 2.24) is 14.7 Å². The van der Waals surface area contributed by atoms with E-state index < -0.39 is 0 Å². The summed E-state index contributed by atoms with van der Waals surface area (Å²) in [5.41, 5.74) is 0. The molecule has 3 nitrogen and oxygen atoms in total. The molecule has 1 rings (SSSR count). The highest BCUT2D eigenvalue weighted by Crippen LogP contribution is 2.04. The van der Waals surface area contributed by atoms with Gasteiger partial charge in [-0.05, 0) is 107 Å². The number of hydrogen-bond donors (Lipinski definition) is 0. The number of hydrogen-bond acceptors (Lipinski definition) is 3. The SMILES string of the molecule is C#CC#CC#CC#CC#CC#CC#CN1CN(C#CC#CC#CC#CC#CC#CC#C)CN(C#CC#CC#CC#CC#CC#CC#C)C1. The van der Waals surface area contributed by atoms with Gasteiger partial charge in [0.15, 0.2) is 0 Å². The molecule has 0 aromatic carbocycles. The van der Waals surface area contributed by atoms with E-state index in [9.17, 15) is 0 Å². The zero-order valence-electron chi connectivity index (χ0n) is 24.7. The molecule has 0 bridgehead atoms. The zero-order valence-corrected chi connectivity index (χ0v) is 24.7. The second-order valence-electron chi connectivity index (χ2n) is 6.94. The molecule has 0 aliphatic carbocycles. The van der Waals surface area contributed by atoms with Crippen LogP contribution in [-0.2, 0) is 0 Å². The highest BCUT2D eigenvalue weighted by Gasteiger charge is 2.17. The predicted molar refractivity (Wildman–Crippen MR) is 187 cm³/mol. The largest absolute Gasteiger partial charge is 0.293 e. The molecule has 1 fully saturated rings. The first-order chi connectivity index (χ1) is 23.8. The fraction of sp³-hybridized carbons (Fsp3) is 0.0667. The van der Waals surface area contributed by atoms with Crippen LogP contribution in [0.15, 0.2) is 0 Å². The molecule has 0 amide bonds. The lowest BCUT2D eigenvalue weighted by Crippen LogP contribution is -2.49. The second kappa shape index (κ2) is 28.7. The molecule has 1 aliphatic rings. The normalized spacial score (nSPS) is 7.06. The van der Waals surface area contributed by atoms with Crippen molar-refractivity contribution in [2.24, 2.45) is 0 Å². The van der Waals surface area contributed by atoms with E-state index in [4.69, 9.17) is 19.3 Å². The van der Waals surface area contributed by atoms with Crippen molar-refractivity contribution in [1.29, 1.82) is 0 Å². The monoisotopic (exact) mass is 591 g/mol. The molecule has 0 spiro atoms. The van der Waals surface area contributed by atoms with Gasteiger partial charge in [-0.25, -0.2) is 0 Å². The molecule has 0 atom stereocenters. The van der Waals surface area contributed by atoms with Gasteiger partial charge in [0.05, 0.1) is 0 Å². The molecule has 0 radical (unpaired) electrons. The average molecular weight is 592 g/mol. The molecule has 0 aromatic heterocycles. The molecule has 3 heteroatoms. The number of terminal acetylenes is 3. The summed E-state index contributed by atoms with van der Waals surface area (Å²) in [6, 6.07) is 8.80. The summed E-state index contributed by atoms with van der Waals surface area (Å²) in [4.78, 5) is 5.24. The molecule has 1 aliphatic heterocycles. The van der Waals surface area contributed by atoms with Gasteiger partial charge in [-0.2, -0.15) is 0 Å². The Morgan fingerprint density at radius 3 is 0.521 bits per heavy atom. The van der Waals surface area contributed by atoms with Crippen LogP contribution >= 0.6 is 0 Å². The Kier molecular flexibility index (Phi) is 21.6. The molecule has 1 heterocycles. The number of rotatable bonds is 0. The van der Waals surface area contributed by atoms with Crippen LogP contribution in [0.25, 0.3) is 0 Å². The summed E-state index contributed by atoms with van der Waals surface area (Å²) in [6.45, 7) is 1.10. The molecule has 0 unspecified atom stereocenters. The quantitative estimate of drug-likeness (QED) is 0.356. The molecule has 204 valence electrons. The van der Waals surface area contributed by atoms with E-state index in [1.807, 2.05) is 0 Å². The van der Waals surface area contributed by atoms with E-state index in [0.717, 1.165) is 0 Å². The second-order valence-corrected chi connectivity index (χ2v) is 6.94. The van der Waals surface area contributed by atoms with Crippen molar-refractivity contribution in [2.45, 2.75) is 0 Å². The smallest absolute Gasteiger partial charge is 0.109 e. The fourth-order valence-corrected chi connectivity index (χ4v) is 2.24. The molecular weight excluding hydrogens is 583 g/mol. The molecule has 48 heavy (non-hydrogen) atoms. The summed E-state index contributed by atoms with van der Waals surface area (Å²) >= 11 is 0. The van der Waals surface area contributed by atoms with Crippen molar-refractivity contribution in [3.05, 3.63) is 0 Å². The predicted octanol–water partition coefficient (Wildman–Crippen LogP) is -0.388. The van der Waals surface area contributed by atoms with Crippen LogP contribution in [-0.4, -0.2) is 34.7 Å². The van der Waals surface area contributed by atoms with E-state index in [2.05, 4.69) is 231 Å². The Balaban J connectivity index is 3.03. The minimum atomic E-state index is 0.366. The topological polar surface area (TPSA) is 9.72 Å². The Bertz CT molecular complexity index is 2330. The van der Waals surface area contributed by atoms with Crippen LogP contribution in [0.4, 0.5) is 0 Å². The Morgan fingerprint density at radius 1 is 0.208 bits per heavy atom. The van der Waals surface area contributed by atoms with Crippen molar-refractivity contribution < 1.29 is 0 Å². The van der Waals surface area contributed by atoms with Crippen LogP contribution in [0.2, 0.25) is 0 Å². The van der Waals surface area contributed by atoms with Gasteiger partial charge in [0.1, 0.15) is 20.0 Å². The minimum Gasteiger partial charge on any atom is -0.293 e. The standard InChI is InChI=1S/C45H9N3/c1-4-7-10-13-16-19-22-25-28-31-34-37-40-46-43-47(41-38-35-32-29-26-23-20-17-14-11-8-5-2)45-48(44-46)42-39-36-33-30-27-24-21-18-15-12-9-6-3/h1-3H,43-45H2. The van der Waals surface area contributed by atoms with Gasteiger partial charge in [-0.1, -0.05) is 0 Å². The first-order valence-electron chi connectivity index (χ1n) is 12.4. The highest BCUT2D eigenvalue weighted by atomic mass is 15.5. The third-order valence-electron chi connectivity index (χ3n) is 3.76. The summed E-state index contributed by atoms with van der Waals surface area (Å²) in [5, 5.41) is 0. The minimum absolute atomic E-state index is 0.366. The van der Waals surface area contributed by atoms with E-state index in [1.165, 1.54) is 0 Å². The Hall–Kier alpha value is -9.84. The summed E-state index contributed by atoms with van der Waals surface area (Å²) in [5.74, 6) is 89.9. The average Bonchev–Trinajstić information content (AvgIpc) is 3.09. The van der Waals surface area contributed by atoms with Gasteiger partial charge in [-0.3, -0.25) is 14.7 Å². The lowest BCUT2D eigenvalue weighted by Gasteiger charge is -2.36. The Morgan fingerprint density at radius 2 is 0.354 bits per heavy atom.